The van der Waals surface area contributed by atoms with E-state index in [4.69, 9.17) is 0 Å². The molecule has 1 amide bonds. The second-order valence-electron chi connectivity index (χ2n) is 2.76. The van der Waals surface area contributed by atoms with Crippen molar-refractivity contribution in [1.29, 1.82) is 0 Å². The Morgan fingerprint density at radius 2 is 2.20 bits per heavy atom. The zero-order valence-corrected chi connectivity index (χ0v) is 6.31. The maximum atomic E-state index is 10.1. The predicted molar refractivity (Wildman–Crippen MR) is 39.7 cm³/mol. The maximum absolute atomic E-state index is 10.1. The Morgan fingerprint density at radius 3 is 2.30 bits per heavy atom. The molecule has 3 nitrogen and oxygen atoms in total. The standard InChI is InChI=1S/C4H7NO.C3H7N/c6-4-2-1-3-5-4;1-3-2-4-3/h1-3H2,(H,5,6);3-4H,2H2,1H3. The topological polar surface area (TPSA) is 51.0 Å². The van der Waals surface area contributed by atoms with Crippen LogP contribution in [0.4, 0.5) is 0 Å². The third-order valence-corrected chi connectivity index (χ3v) is 1.52. The van der Waals surface area contributed by atoms with Gasteiger partial charge in [-0.15, -0.1) is 0 Å². The van der Waals surface area contributed by atoms with E-state index in [-0.39, 0.29) is 5.91 Å². The van der Waals surface area contributed by atoms with E-state index in [0.29, 0.717) is 0 Å². The number of carbonyl (C=O) groups excluding carboxylic acids is 1. The normalized spacial score (nSPS) is 28.5. The van der Waals surface area contributed by atoms with E-state index in [1.165, 1.54) is 6.54 Å². The van der Waals surface area contributed by atoms with Crippen molar-refractivity contribution in [2.24, 2.45) is 0 Å². The summed E-state index contributed by atoms with van der Waals surface area (Å²) in [5.41, 5.74) is 0. The summed E-state index contributed by atoms with van der Waals surface area (Å²) in [6, 6.07) is 0.833. The van der Waals surface area contributed by atoms with Crippen molar-refractivity contribution in [1.82, 2.24) is 10.6 Å². The molecule has 1 atom stereocenters. The summed E-state index contributed by atoms with van der Waals surface area (Å²) in [5, 5.41) is 5.78. The SMILES string of the molecule is CC1CN1.O=C1CCCN1. The largest absolute Gasteiger partial charge is 0.356 e. The molecule has 0 aromatic heterocycles. The van der Waals surface area contributed by atoms with Crippen LogP contribution in [0.25, 0.3) is 0 Å². The molecule has 58 valence electrons. The summed E-state index contributed by atoms with van der Waals surface area (Å²) < 4.78 is 0. The Bertz CT molecular complexity index is 113. The molecular formula is C7H14N2O. The summed E-state index contributed by atoms with van der Waals surface area (Å²) in [7, 11) is 0. The van der Waals surface area contributed by atoms with E-state index >= 15 is 0 Å². The first-order valence-corrected chi connectivity index (χ1v) is 3.79. The monoisotopic (exact) mass is 142 g/mol. The van der Waals surface area contributed by atoms with Crippen LogP contribution < -0.4 is 10.6 Å². The molecule has 2 rings (SSSR count). The average molecular weight is 142 g/mol. The molecule has 2 fully saturated rings. The van der Waals surface area contributed by atoms with Crippen LogP contribution >= 0.6 is 0 Å². The van der Waals surface area contributed by atoms with Gasteiger partial charge in [-0.25, -0.2) is 0 Å². The highest BCUT2D eigenvalue weighted by Gasteiger charge is 2.10. The first-order chi connectivity index (χ1) is 4.79. The van der Waals surface area contributed by atoms with E-state index in [1.54, 1.807) is 0 Å². The molecule has 0 aromatic rings. The van der Waals surface area contributed by atoms with Crippen molar-refractivity contribution < 1.29 is 4.79 Å². The molecule has 3 heteroatoms. The minimum atomic E-state index is 0.204. The zero-order valence-electron chi connectivity index (χ0n) is 6.31. The van der Waals surface area contributed by atoms with Crippen molar-refractivity contribution in [3.05, 3.63) is 0 Å². The second-order valence-corrected chi connectivity index (χ2v) is 2.76. The fraction of sp³-hybridized carbons (Fsp3) is 0.857. The average Bonchev–Trinajstić information content (AvgIpc) is 2.50. The molecule has 2 aliphatic rings. The highest BCUT2D eigenvalue weighted by Crippen LogP contribution is 1.93. The Morgan fingerprint density at radius 1 is 1.60 bits per heavy atom. The van der Waals surface area contributed by atoms with Gasteiger partial charge in [-0.2, -0.15) is 0 Å². The fourth-order valence-electron chi connectivity index (χ4n) is 0.683. The van der Waals surface area contributed by atoms with Gasteiger partial charge in [0, 0.05) is 25.6 Å². The lowest BCUT2D eigenvalue weighted by molar-refractivity contribution is -0.119. The van der Waals surface area contributed by atoms with E-state index in [9.17, 15) is 4.79 Å². The lowest BCUT2D eigenvalue weighted by Crippen LogP contribution is -2.12. The van der Waals surface area contributed by atoms with Crippen LogP contribution in [-0.2, 0) is 4.79 Å². The van der Waals surface area contributed by atoms with Crippen LogP contribution in [-0.4, -0.2) is 25.0 Å². The molecule has 0 aliphatic carbocycles. The number of nitrogens with one attached hydrogen (secondary N) is 2. The van der Waals surface area contributed by atoms with Crippen LogP contribution in [0, 0.1) is 0 Å². The van der Waals surface area contributed by atoms with E-state index in [2.05, 4.69) is 17.6 Å². The van der Waals surface area contributed by atoms with Crippen molar-refractivity contribution in [2.75, 3.05) is 13.1 Å². The number of hydrogen-bond acceptors (Lipinski definition) is 2. The van der Waals surface area contributed by atoms with Crippen molar-refractivity contribution in [3.8, 4) is 0 Å². The highest BCUT2D eigenvalue weighted by atomic mass is 16.1. The van der Waals surface area contributed by atoms with Gasteiger partial charge < -0.3 is 10.6 Å². The number of hydrogen-bond donors (Lipinski definition) is 2. The Balaban J connectivity index is 0.000000108. The molecule has 0 bridgehead atoms. The molecule has 10 heavy (non-hydrogen) atoms. The predicted octanol–water partition coefficient (Wildman–Crippen LogP) is -0.126. The lowest BCUT2D eigenvalue weighted by atomic mass is 10.4. The number of rotatable bonds is 0. The molecule has 2 N–H and O–H groups in total. The van der Waals surface area contributed by atoms with Gasteiger partial charge >= 0.3 is 0 Å². The van der Waals surface area contributed by atoms with Crippen molar-refractivity contribution in [2.45, 2.75) is 25.8 Å². The van der Waals surface area contributed by atoms with Gasteiger partial charge in [-0.1, -0.05) is 0 Å². The quantitative estimate of drug-likeness (QED) is 0.463. The Hall–Kier alpha value is -0.570. The molecule has 0 aromatic carbocycles. The minimum absolute atomic E-state index is 0.204. The number of carbonyl (C=O) groups is 1. The molecule has 2 heterocycles. The van der Waals surface area contributed by atoms with Crippen LogP contribution in [0.2, 0.25) is 0 Å². The van der Waals surface area contributed by atoms with E-state index < -0.39 is 0 Å². The van der Waals surface area contributed by atoms with Crippen LogP contribution in [0.5, 0.6) is 0 Å². The van der Waals surface area contributed by atoms with Gasteiger partial charge in [-0.3, -0.25) is 4.79 Å². The lowest BCUT2D eigenvalue weighted by Gasteiger charge is -1.80. The molecule has 0 radical (unpaired) electrons. The molecule has 0 spiro atoms. The smallest absolute Gasteiger partial charge is 0.220 e. The molecule has 2 saturated heterocycles. The van der Waals surface area contributed by atoms with Gasteiger partial charge in [0.15, 0.2) is 0 Å². The van der Waals surface area contributed by atoms with Gasteiger partial charge in [0.1, 0.15) is 0 Å². The van der Waals surface area contributed by atoms with Crippen LogP contribution in [0.3, 0.4) is 0 Å². The minimum Gasteiger partial charge on any atom is -0.356 e. The zero-order chi connectivity index (χ0) is 7.40. The summed E-state index contributed by atoms with van der Waals surface area (Å²) in [5.74, 6) is 0.204. The van der Waals surface area contributed by atoms with Crippen molar-refractivity contribution >= 4 is 5.91 Å². The molecule has 2 aliphatic heterocycles. The molecular weight excluding hydrogens is 128 g/mol. The van der Waals surface area contributed by atoms with Gasteiger partial charge in [-0.05, 0) is 13.3 Å². The van der Waals surface area contributed by atoms with Crippen LogP contribution in [0.1, 0.15) is 19.8 Å². The second kappa shape index (κ2) is 3.56. The van der Waals surface area contributed by atoms with Crippen LogP contribution in [0.15, 0.2) is 0 Å². The molecule has 0 saturated carbocycles. The summed E-state index contributed by atoms with van der Waals surface area (Å²) >= 11 is 0. The third kappa shape index (κ3) is 3.45. The Labute approximate surface area is 61.2 Å². The van der Waals surface area contributed by atoms with Gasteiger partial charge in [0.2, 0.25) is 5.91 Å². The number of amides is 1. The fourth-order valence-corrected chi connectivity index (χ4v) is 0.683. The first-order valence-electron chi connectivity index (χ1n) is 3.79. The van der Waals surface area contributed by atoms with Crippen molar-refractivity contribution in [3.63, 3.8) is 0 Å². The Kier molecular flexibility index (Phi) is 2.68. The third-order valence-electron chi connectivity index (χ3n) is 1.52. The maximum Gasteiger partial charge on any atom is 0.220 e. The first kappa shape index (κ1) is 7.54. The molecule has 1 unspecified atom stereocenters. The van der Waals surface area contributed by atoms with E-state index in [0.717, 1.165) is 25.4 Å². The summed E-state index contributed by atoms with van der Waals surface area (Å²) in [6.45, 7) is 4.29. The highest BCUT2D eigenvalue weighted by molar-refractivity contribution is 5.77. The van der Waals surface area contributed by atoms with E-state index in [1.807, 2.05) is 0 Å². The summed E-state index contributed by atoms with van der Waals surface area (Å²) in [6.07, 6.45) is 1.76. The summed E-state index contributed by atoms with van der Waals surface area (Å²) in [4.78, 5) is 10.1. The van der Waals surface area contributed by atoms with Gasteiger partial charge in [0.25, 0.3) is 0 Å². The van der Waals surface area contributed by atoms with Gasteiger partial charge in [0.05, 0.1) is 0 Å².